The van der Waals surface area contributed by atoms with Gasteiger partial charge in [0, 0.05) is 24.9 Å². The van der Waals surface area contributed by atoms with Gasteiger partial charge in [0.05, 0.1) is 22.3 Å². The van der Waals surface area contributed by atoms with Gasteiger partial charge in [-0.2, -0.15) is 0 Å². The number of amides is 4. The van der Waals surface area contributed by atoms with E-state index in [-0.39, 0.29) is 23.6 Å². The van der Waals surface area contributed by atoms with Crippen molar-refractivity contribution in [2.75, 3.05) is 14.1 Å². The molecule has 0 aliphatic carbocycles. The lowest BCUT2D eigenvalue weighted by Gasteiger charge is -2.34. The monoisotopic (exact) mass is 544 g/mol. The van der Waals surface area contributed by atoms with Crippen LogP contribution in [0.2, 0.25) is 0 Å². The van der Waals surface area contributed by atoms with E-state index >= 15 is 0 Å². The maximum Gasteiger partial charge on any atom is 0.261 e. The number of carbonyl (C=O) groups excluding carboxylic acids is 4. The number of hydrogen-bond donors (Lipinski definition) is 0. The number of nitrogens with zero attached hydrogens (tertiary/aromatic N) is 2. The molecule has 206 valence electrons. The van der Waals surface area contributed by atoms with Crippen LogP contribution in [-0.4, -0.2) is 47.5 Å². The summed E-state index contributed by atoms with van der Waals surface area (Å²) < 4.78 is 0. The molecule has 7 rings (SSSR count). The van der Waals surface area contributed by atoms with E-state index in [1.54, 1.807) is 14.1 Å². The summed E-state index contributed by atoms with van der Waals surface area (Å²) in [6.07, 6.45) is 0.687. The fourth-order valence-electron chi connectivity index (χ4n) is 8.01. The molecule has 2 aliphatic heterocycles. The van der Waals surface area contributed by atoms with Gasteiger partial charge < -0.3 is 0 Å². The summed E-state index contributed by atoms with van der Waals surface area (Å²) in [6, 6.07) is 0. The molecule has 0 N–H and O–H groups in total. The van der Waals surface area contributed by atoms with Gasteiger partial charge in [-0.25, -0.2) is 0 Å². The molecule has 2 aliphatic rings. The van der Waals surface area contributed by atoms with E-state index in [9.17, 15) is 19.2 Å². The molecule has 0 fully saturated rings. The van der Waals surface area contributed by atoms with Crippen LogP contribution in [0.1, 0.15) is 92.9 Å². The van der Waals surface area contributed by atoms with Crippen molar-refractivity contribution < 1.29 is 19.2 Å². The lowest BCUT2D eigenvalue weighted by molar-refractivity contribution is 0.0634. The fraction of sp³-hybridized carbons (Fsp3) is 0.314. The van der Waals surface area contributed by atoms with Crippen molar-refractivity contribution in [1.82, 2.24) is 9.80 Å². The predicted molar refractivity (Wildman–Crippen MR) is 163 cm³/mol. The van der Waals surface area contributed by atoms with Crippen LogP contribution in [0.25, 0.3) is 43.1 Å². The first-order valence-corrected chi connectivity index (χ1v) is 14.2. The molecule has 41 heavy (non-hydrogen) atoms. The summed E-state index contributed by atoms with van der Waals surface area (Å²) in [4.78, 5) is 57.4. The van der Waals surface area contributed by atoms with Gasteiger partial charge in [-0.05, 0) is 132 Å². The number of hydrogen-bond acceptors (Lipinski definition) is 4. The molecule has 4 amide bonds. The molecule has 0 saturated carbocycles. The van der Waals surface area contributed by atoms with Crippen LogP contribution in [0, 0.1) is 48.5 Å². The molecule has 0 aromatic heterocycles. The molecular formula is C35H32N2O4. The standard InChI is InChI=1S/C35H32N2O4/c1-11-19-18(8)26-31-25(34(40)37(10)35(26)41)16(6)13(3)21-20-12(2)15(5)23-30-24(33(39)36(9)32(23)38)17(7)14(4)22(28(20)30)27(19)29(21)31/h11H2,1-10H3. The van der Waals surface area contributed by atoms with Crippen molar-refractivity contribution in [2.45, 2.75) is 61.8 Å². The highest BCUT2D eigenvalue weighted by Gasteiger charge is 2.40. The Morgan fingerprint density at radius 3 is 1.02 bits per heavy atom. The highest BCUT2D eigenvalue weighted by molar-refractivity contribution is 6.44. The van der Waals surface area contributed by atoms with Crippen LogP contribution in [0.4, 0.5) is 0 Å². The molecule has 0 unspecified atom stereocenters. The first-order valence-electron chi connectivity index (χ1n) is 14.2. The smallest absolute Gasteiger partial charge is 0.261 e. The number of rotatable bonds is 1. The zero-order valence-corrected chi connectivity index (χ0v) is 25.2. The topological polar surface area (TPSA) is 74.8 Å². The summed E-state index contributed by atoms with van der Waals surface area (Å²) in [6.45, 7) is 16.1. The van der Waals surface area contributed by atoms with Gasteiger partial charge in [0.1, 0.15) is 0 Å². The van der Waals surface area contributed by atoms with E-state index in [4.69, 9.17) is 0 Å². The van der Waals surface area contributed by atoms with Crippen molar-refractivity contribution in [2.24, 2.45) is 0 Å². The number of benzene rings is 5. The van der Waals surface area contributed by atoms with Crippen molar-refractivity contribution in [3.63, 3.8) is 0 Å². The fourth-order valence-corrected chi connectivity index (χ4v) is 8.01. The first-order chi connectivity index (χ1) is 19.3. The van der Waals surface area contributed by atoms with Crippen LogP contribution < -0.4 is 0 Å². The minimum Gasteiger partial charge on any atom is -0.277 e. The highest BCUT2D eigenvalue weighted by Crippen LogP contribution is 2.53. The van der Waals surface area contributed by atoms with E-state index in [1.165, 1.54) is 9.80 Å². The van der Waals surface area contributed by atoms with E-state index in [0.717, 1.165) is 87.6 Å². The average Bonchev–Trinajstić information content (AvgIpc) is 2.94. The Kier molecular flexibility index (Phi) is 4.81. The zero-order chi connectivity index (χ0) is 29.7. The van der Waals surface area contributed by atoms with Crippen molar-refractivity contribution >= 4 is 66.7 Å². The SMILES string of the molecule is CCc1c(C)c2c3c(c(C)c(C)c4c5c(C)c(C)c6c7c(c(C)c(C)c(c1c34)c75)C(=O)N(C)C6=O)C(=O)N(C)C2=O. The molecule has 0 saturated heterocycles. The maximum absolute atomic E-state index is 13.8. The quantitative estimate of drug-likeness (QED) is 0.131. The molecule has 0 spiro atoms. The van der Waals surface area contributed by atoms with Gasteiger partial charge in [0.15, 0.2) is 0 Å². The van der Waals surface area contributed by atoms with E-state index in [0.29, 0.717) is 28.7 Å². The lowest BCUT2D eigenvalue weighted by atomic mass is 9.73. The van der Waals surface area contributed by atoms with Gasteiger partial charge in [0.2, 0.25) is 0 Å². The van der Waals surface area contributed by atoms with Crippen LogP contribution >= 0.6 is 0 Å². The van der Waals surface area contributed by atoms with Gasteiger partial charge in [0.25, 0.3) is 23.6 Å². The van der Waals surface area contributed by atoms with Gasteiger partial charge in [-0.3, -0.25) is 29.0 Å². The Bertz CT molecular complexity index is 2180. The Morgan fingerprint density at radius 1 is 0.390 bits per heavy atom. The molecule has 0 atom stereocenters. The Balaban J connectivity index is 1.99. The number of fused-ring (bicyclic) bond motifs is 2. The molecule has 6 nitrogen and oxygen atoms in total. The summed E-state index contributed by atoms with van der Waals surface area (Å²) in [7, 11) is 3.13. The molecule has 5 aromatic rings. The minimum absolute atomic E-state index is 0.272. The number of aryl methyl sites for hydroxylation is 4. The summed E-state index contributed by atoms with van der Waals surface area (Å²) in [5, 5.41) is 7.40. The summed E-state index contributed by atoms with van der Waals surface area (Å²) >= 11 is 0. The third kappa shape index (κ3) is 2.56. The van der Waals surface area contributed by atoms with Gasteiger partial charge in [-0.15, -0.1) is 0 Å². The molecule has 6 heteroatoms. The van der Waals surface area contributed by atoms with E-state index in [2.05, 4.69) is 20.8 Å². The first kappa shape index (κ1) is 25.6. The Morgan fingerprint density at radius 2 is 0.683 bits per heavy atom. The third-order valence-corrected chi connectivity index (χ3v) is 10.5. The Hall–Kier alpha value is -4.32. The number of imide groups is 2. The third-order valence-electron chi connectivity index (χ3n) is 10.5. The second-order valence-corrected chi connectivity index (χ2v) is 12.0. The summed E-state index contributed by atoms with van der Waals surface area (Å²) in [5.74, 6) is -1.11. The zero-order valence-electron chi connectivity index (χ0n) is 25.2. The minimum atomic E-state index is -0.279. The van der Waals surface area contributed by atoms with Crippen molar-refractivity contribution in [3.8, 4) is 0 Å². The van der Waals surface area contributed by atoms with Crippen LogP contribution in [-0.2, 0) is 6.42 Å². The van der Waals surface area contributed by atoms with Crippen LogP contribution in [0.3, 0.4) is 0 Å². The van der Waals surface area contributed by atoms with Crippen LogP contribution in [0.5, 0.6) is 0 Å². The van der Waals surface area contributed by atoms with E-state index in [1.807, 2.05) is 34.6 Å². The molecule has 0 bridgehead atoms. The summed E-state index contributed by atoms with van der Waals surface area (Å²) in [5.41, 5.74) is 9.84. The molecule has 5 aromatic carbocycles. The Labute approximate surface area is 238 Å². The predicted octanol–water partition coefficient (Wildman–Crippen LogP) is 6.91. The van der Waals surface area contributed by atoms with Gasteiger partial charge in [-0.1, -0.05) is 6.92 Å². The molecule has 0 radical (unpaired) electrons. The maximum atomic E-state index is 13.8. The average molecular weight is 545 g/mol. The normalized spacial score (nSPS) is 15.3. The van der Waals surface area contributed by atoms with Crippen molar-refractivity contribution in [1.29, 1.82) is 0 Å². The molecular weight excluding hydrogens is 512 g/mol. The molecule has 2 heterocycles. The second-order valence-electron chi connectivity index (χ2n) is 12.0. The second kappa shape index (κ2) is 7.69. The largest absolute Gasteiger partial charge is 0.277 e. The van der Waals surface area contributed by atoms with Crippen molar-refractivity contribution in [3.05, 3.63) is 66.8 Å². The van der Waals surface area contributed by atoms with Crippen LogP contribution in [0.15, 0.2) is 0 Å². The van der Waals surface area contributed by atoms with Gasteiger partial charge >= 0.3 is 0 Å². The number of carbonyl (C=O) groups is 4. The highest BCUT2D eigenvalue weighted by atomic mass is 16.2. The lowest BCUT2D eigenvalue weighted by Crippen LogP contribution is -2.39. The van der Waals surface area contributed by atoms with E-state index < -0.39 is 0 Å².